The van der Waals surface area contributed by atoms with E-state index in [4.69, 9.17) is 0 Å². The van der Waals surface area contributed by atoms with Gasteiger partial charge >= 0.3 is 0 Å². The molecule has 23 heavy (non-hydrogen) atoms. The summed E-state index contributed by atoms with van der Waals surface area (Å²) in [6, 6.07) is 6.94. The van der Waals surface area contributed by atoms with Gasteiger partial charge < -0.3 is 4.90 Å². The van der Waals surface area contributed by atoms with Crippen LogP contribution in [0.1, 0.15) is 24.0 Å². The molecule has 1 N–H and O–H groups in total. The van der Waals surface area contributed by atoms with Gasteiger partial charge in [-0.05, 0) is 59.5 Å². The number of nitrogens with one attached hydrogen (secondary N) is 1. The predicted octanol–water partition coefficient (Wildman–Crippen LogP) is 2.66. The molecule has 0 bridgehead atoms. The molecule has 0 radical (unpaired) electrons. The van der Waals surface area contributed by atoms with E-state index in [2.05, 4.69) is 4.72 Å². The molecule has 0 saturated carbocycles. The van der Waals surface area contributed by atoms with E-state index in [1.165, 1.54) is 11.3 Å². The Bertz CT molecular complexity index is 814. The van der Waals surface area contributed by atoms with Gasteiger partial charge in [0.25, 0.3) is 0 Å². The number of benzene rings is 1. The van der Waals surface area contributed by atoms with Crippen LogP contribution in [0.2, 0.25) is 0 Å². The van der Waals surface area contributed by atoms with Crippen LogP contribution in [-0.2, 0) is 21.4 Å². The average Bonchev–Trinajstić information content (AvgIpc) is 3.16. The zero-order valence-electron chi connectivity index (χ0n) is 12.8. The number of amides is 1. The highest BCUT2D eigenvalue weighted by Gasteiger charge is 2.23. The summed E-state index contributed by atoms with van der Waals surface area (Å²) < 4.78 is 27.5. The summed E-state index contributed by atoms with van der Waals surface area (Å²) in [5.74, 6) is 0.0931. The number of carbonyl (C=O) groups excluding carboxylic acids is 1. The van der Waals surface area contributed by atoms with Crippen molar-refractivity contribution in [3.05, 3.63) is 46.2 Å². The van der Waals surface area contributed by atoms with Gasteiger partial charge in [-0.3, -0.25) is 4.79 Å². The van der Waals surface area contributed by atoms with Gasteiger partial charge in [0, 0.05) is 25.2 Å². The van der Waals surface area contributed by atoms with Crippen molar-refractivity contribution in [3.63, 3.8) is 0 Å². The minimum Gasteiger partial charge on any atom is -0.312 e. The number of rotatable bonds is 5. The van der Waals surface area contributed by atoms with Crippen molar-refractivity contribution in [1.29, 1.82) is 0 Å². The zero-order valence-corrected chi connectivity index (χ0v) is 14.4. The van der Waals surface area contributed by atoms with Crippen molar-refractivity contribution in [3.8, 4) is 0 Å². The lowest BCUT2D eigenvalue weighted by molar-refractivity contribution is -0.117. The monoisotopic (exact) mass is 350 g/mol. The molecule has 1 aromatic heterocycles. The first-order valence-electron chi connectivity index (χ1n) is 7.39. The first-order valence-corrected chi connectivity index (χ1v) is 9.82. The van der Waals surface area contributed by atoms with E-state index >= 15 is 0 Å². The maximum atomic E-state index is 12.5. The van der Waals surface area contributed by atoms with Gasteiger partial charge in [0.2, 0.25) is 15.9 Å². The molecule has 0 atom stereocenters. The van der Waals surface area contributed by atoms with Crippen LogP contribution in [0.3, 0.4) is 0 Å². The van der Waals surface area contributed by atoms with E-state index in [0.717, 1.165) is 17.7 Å². The Labute approximate surface area is 140 Å². The van der Waals surface area contributed by atoms with Crippen molar-refractivity contribution >= 4 is 33.0 Å². The third kappa shape index (κ3) is 3.46. The fourth-order valence-corrected chi connectivity index (χ4v) is 4.58. The minimum absolute atomic E-state index is 0.0931. The molecule has 2 heterocycles. The molecule has 1 saturated heterocycles. The van der Waals surface area contributed by atoms with Gasteiger partial charge in [-0.1, -0.05) is 0 Å². The number of hydrogen-bond acceptors (Lipinski definition) is 4. The first-order chi connectivity index (χ1) is 11.0. The third-order valence-corrected chi connectivity index (χ3v) is 6.17. The molecule has 2 aromatic rings. The molecule has 0 unspecified atom stereocenters. The smallest absolute Gasteiger partial charge is 0.241 e. The molecule has 1 amide bonds. The van der Waals surface area contributed by atoms with E-state index in [9.17, 15) is 13.2 Å². The molecule has 0 aliphatic carbocycles. The second-order valence-corrected chi connectivity index (χ2v) is 8.07. The lowest BCUT2D eigenvalue weighted by Gasteiger charge is -2.17. The molecule has 122 valence electrons. The molecular formula is C16H18N2O3S2. The minimum atomic E-state index is -3.57. The van der Waals surface area contributed by atoms with E-state index in [0.29, 0.717) is 18.5 Å². The largest absolute Gasteiger partial charge is 0.312 e. The van der Waals surface area contributed by atoms with Crippen LogP contribution in [0.25, 0.3) is 0 Å². The summed E-state index contributed by atoms with van der Waals surface area (Å²) in [7, 11) is -3.57. The molecule has 1 aliphatic heterocycles. The third-order valence-electron chi connectivity index (χ3n) is 3.88. The Balaban J connectivity index is 1.80. The quantitative estimate of drug-likeness (QED) is 0.901. The van der Waals surface area contributed by atoms with Gasteiger partial charge in [0.05, 0.1) is 4.90 Å². The molecule has 1 aliphatic rings. The van der Waals surface area contributed by atoms with Crippen molar-refractivity contribution in [2.24, 2.45) is 0 Å². The van der Waals surface area contributed by atoms with Crippen LogP contribution in [0.5, 0.6) is 0 Å². The van der Waals surface area contributed by atoms with E-state index < -0.39 is 10.0 Å². The summed E-state index contributed by atoms with van der Waals surface area (Å²) in [6.07, 6.45) is 1.40. The maximum absolute atomic E-state index is 12.5. The molecule has 0 spiro atoms. The number of anilines is 1. The van der Waals surface area contributed by atoms with Crippen molar-refractivity contribution in [2.45, 2.75) is 31.2 Å². The standard InChI is InChI=1S/C16H18N2O3S2/c1-12-9-14(18-7-2-3-16(18)19)4-5-15(12)23(20,21)17-10-13-6-8-22-11-13/h4-6,8-9,11,17H,2-3,7,10H2,1H3. The van der Waals surface area contributed by atoms with Gasteiger partial charge in [-0.25, -0.2) is 13.1 Å². The molecule has 3 rings (SSSR count). The van der Waals surface area contributed by atoms with Crippen molar-refractivity contribution < 1.29 is 13.2 Å². The molecule has 1 fully saturated rings. The Morgan fingerprint density at radius 2 is 2.13 bits per heavy atom. The lowest BCUT2D eigenvalue weighted by atomic mass is 10.2. The summed E-state index contributed by atoms with van der Waals surface area (Å²) in [6.45, 7) is 2.72. The van der Waals surface area contributed by atoms with E-state index in [1.807, 2.05) is 16.8 Å². The molecule has 7 heteroatoms. The highest BCUT2D eigenvalue weighted by molar-refractivity contribution is 7.89. The average molecular weight is 350 g/mol. The van der Waals surface area contributed by atoms with Gasteiger partial charge in [0.1, 0.15) is 0 Å². The van der Waals surface area contributed by atoms with Crippen LogP contribution >= 0.6 is 11.3 Å². The predicted molar refractivity (Wildman–Crippen MR) is 91.1 cm³/mol. The highest BCUT2D eigenvalue weighted by atomic mass is 32.2. The van der Waals surface area contributed by atoms with Crippen LogP contribution in [0.15, 0.2) is 39.9 Å². The zero-order chi connectivity index (χ0) is 16.4. The first kappa shape index (κ1) is 16.2. The number of nitrogens with zero attached hydrogens (tertiary/aromatic N) is 1. The summed E-state index contributed by atoms with van der Waals surface area (Å²) >= 11 is 1.53. The molecule has 1 aromatic carbocycles. The van der Waals surface area contributed by atoms with E-state index in [1.54, 1.807) is 30.0 Å². The lowest BCUT2D eigenvalue weighted by Crippen LogP contribution is -2.25. The van der Waals surface area contributed by atoms with Crippen molar-refractivity contribution in [1.82, 2.24) is 4.72 Å². The van der Waals surface area contributed by atoms with Gasteiger partial charge in [0.15, 0.2) is 0 Å². The second kappa shape index (κ2) is 6.43. The van der Waals surface area contributed by atoms with Crippen LogP contribution in [-0.4, -0.2) is 20.9 Å². The fourth-order valence-electron chi connectivity index (χ4n) is 2.67. The van der Waals surface area contributed by atoms with Crippen LogP contribution < -0.4 is 9.62 Å². The summed E-state index contributed by atoms with van der Waals surface area (Å²) in [4.78, 5) is 13.8. The number of hydrogen-bond donors (Lipinski definition) is 1. The van der Waals surface area contributed by atoms with Crippen molar-refractivity contribution in [2.75, 3.05) is 11.4 Å². The highest BCUT2D eigenvalue weighted by Crippen LogP contribution is 2.26. The molecule has 5 nitrogen and oxygen atoms in total. The van der Waals surface area contributed by atoms with Crippen LogP contribution in [0.4, 0.5) is 5.69 Å². The maximum Gasteiger partial charge on any atom is 0.241 e. The summed E-state index contributed by atoms with van der Waals surface area (Å²) in [5, 5.41) is 3.83. The number of thiophene rings is 1. The number of aryl methyl sites for hydroxylation is 1. The number of sulfonamides is 1. The van der Waals surface area contributed by atoms with E-state index in [-0.39, 0.29) is 17.3 Å². The number of carbonyl (C=O) groups is 1. The molecular weight excluding hydrogens is 332 g/mol. The normalized spacial score (nSPS) is 15.3. The van der Waals surface area contributed by atoms with Gasteiger partial charge in [-0.2, -0.15) is 11.3 Å². The second-order valence-electron chi connectivity index (χ2n) is 5.55. The Hall–Kier alpha value is -1.70. The van der Waals surface area contributed by atoms with Crippen LogP contribution in [0, 0.1) is 6.92 Å². The Morgan fingerprint density at radius 1 is 1.30 bits per heavy atom. The SMILES string of the molecule is Cc1cc(N2CCCC2=O)ccc1S(=O)(=O)NCc1ccsc1. The Kier molecular flexibility index (Phi) is 4.52. The Morgan fingerprint density at radius 3 is 2.74 bits per heavy atom. The fraction of sp³-hybridized carbons (Fsp3) is 0.312. The summed E-state index contributed by atoms with van der Waals surface area (Å²) in [5.41, 5.74) is 2.34. The topological polar surface area (TPSA) is 66.5 Å². The van der Waals surface area contributed by atoms with Gasteiger partial charge in [-0.15, -0.1) is 0 Å².